The van der Waals surface area contributed by atoms with E-state index in [2.05, 4.69) is 44.3 Å². The lowest BCUT2D eigenvalue weighted by atomic mass is 9.79. The molecule has 5 rings (SSSR count). The van der Waals surface area contributed by atoms with Crippen molar-refractivity contribution in [2.75, 3.05) is 19.6 Å². The number of rotatable bonds is 6. The van der Waals surface area contributed by atoms with Gasteiger partial charge in [-0.2, -0.15) is 0 Å². The molecule has 1 saturated heterocycles. The fraction of sp³-hybridized carbons (Fsp3) is 0.538. The van der Waals surface area contributed by atoms with E-state index in [1.54, 1.807) is 11.3 Å². The molecule has 0 N–H and O–H groups in total. The van der Waals surface area contributed by atoms with Crippen LogP contribution in [0.1, 0.15) is 55.6 Å². The van der Waals surface area contributed by atoms with E-state index in [4.69, 9.17) is 0 Å². The summed E-state index contributed by atoms with van der Waals surface area (Å²) in [7, 11) is 0. The van der Waals surface area contributed by atoms with Crippen LogP contribution >= 0.6 is 11.3 Å². The summed E-state index contributed by atoms with van der Waals surface area (Å²) in [4.78, 5) is 20.3. The number of nitrogens with zero attached hydrogens (tertiary/aromatic N) is 4. The van der Waals surface area contributed by atoms with Gasteiger partial charge >= 0.3 is 0 Å². The second-order valence-corrected chi connectivity index (χ2v) is 10.8. The number of hydrogen-bond donors (Lipinski definition) is 0. The zero-order valence-corrected chi connectivity index (χ0v) is 19.7. The van der Waals surface area contributed by atoms with E-state index in [1.807, 2.05) is 13.1 Å². The Morgan fingerprint density at radius 2 is 1.84 bits per heavy atom. The third-order valence-electron chi connectivity index (χ3n) is 7.17. The molecule has 2 fully saturated rings. The molecule has 2 aromatic heterocycles. The van der Waals surface area contributed by atoms with E-state index in [9.17, 15) is 4.79 Å². The first-order valence-electron chi connectivity index (χ1n) is 12.1. The van der Waals surface area contributed by atoms with Crippen molar-refractivity contribution in [1.29, 1.82) is 0 Å². The molecule has 1 saturated carbocycles. The highest BCUT2D eigenvalue weighted by Crippen LogP contribution is 2.32. The fourth-order valence-corrected chi connectivity index (χ4v) is 6.01. The van der Waals surface area contributed by atoms with Crippen molar-refractivity contribution in [1.82, 2.24) is 20.1 Å². The number of benzene rings is 1. The summed E-state index contributed by atoms with van der Waals surface area (Å²) in [6, 6.07) is 8.35. The molecule has 0 atom stereocenters. The monoisotopic (exact) mass is 448 g/mol. The molecule has 0 radical (unpaired) electrons. The van der Waals surface area contributed by atoms with E-state index in [0.29, 0.717) is 12.2 Å². The van der Waals surface area contributed by atoms with Crippen LogP contribution in [0.4, 0.5) is 0 Å². The fourth-order valence-electron chi connectivity index (χ4n) is 5.33. The highest BCUT2D eigenvalue weighted by molar-refractivity contribution is 7.14. The molecule has 168 valence electrons. The minimum Gasteiger partial charge on any atom is -0.303 e. The zero-order chi connectivity index (χ0) is 21.9. The number of hydrogen-bond acceptors (Lipinski definition) is 6. The second-order valence-electron chi connectivity index (χ2n) is 9.59. The third-order valence-corrected chi connectivity index (χ3v) is 8.06. The average molecular weight is 449 g/mol. The van der Waals surface area contributed by atoms with Crippen LogP contribution in [0.3, 0.4) is 0 Å². The summed E-state index contributed by atoms with van der Waals surface area (Å²) in [5, 5.41) is 12.5. The van der Waals surface area contributed by atoms with Crippen LogP contribution in [0.25, 0.3) is 21.3 Å². The lowest BCUT2D eigenvalue weighted by molar-refractivity contribution is -0.123. The third kappa shape index (κ3) is 5.07. The zero-order valence-electron chi connectivity index (χ0n) is 18.9. The van der Waals surface area contributed by atoms with Crippen molar-refractivity contribution in [2.24, 2.45) is 11.8 Å². The van der Waals surface area contributed by atoms with E-state index in [-0.39, 0.29) is 5.92 Å². The first kappa shape index (κ1) is 21.7. The maximum Gasteiger partial charge on any atom is 0.147 e. The van der Waals surface area contributed by atoms with Gasteiger partial charge in [0.1, 0.15) is 15.8 Å². The van der Waals surface area contributed by atoms with Gasteiger partial charge in [-0.05, 0) is 82.0 Å². The van der Waals surface area contributed by atoms with Crippen molar-refractivity contribution in [3.63, 3.8) is 0 Å². The number of aromatic nitrogens is 3. The van der Waals surface area contributed by atoms with Crippen molar-refractivity contribution >= 4 is 27.9 Å². The molecule has 0 unspecified atom stereocenters. The van der Waals surface area contributed by atoms with Crippen LogP contribution in [0.5, 0.6) is 0 Å². The highest BCUT2D eigenvalue weighted by atomic mass is 32.1. The summed E-state index contributed by atoms with van der Waals surface area (Å²) in [5.74, 6) is 1.35. The van der Waals surface area contributed by atoms with Gasteiger partial charge in [-0.15, -0.1) is 10.2 Å². The maximum atomic E-state index is 13.0. The topological polar surface area (TPSA) is 59.0 Å². The second kappa shape index (κ2) is 9.75. The Bertz CT molecular complexity index is 1080. The summed E-state index contributed by atoms with van der Waals surface area (Å²) in [5.41, 5.74) is 1.95. The van der Waals surface area contributed by atoms with Gasteiger partial charge < -0.3 is 4.90 Å². The molecule has 1 aliphatic heterocycles. The number of ketones is 1. The number of piperidine rings is 1. The van der Waals surface area contributed by atoms with E-state index >= 15 is 0 Å². The normalized spacial score (nSPS) is 22.3. The number of carbonyl (C=O) groups is 1. The predicted molar refractivity (Wildman–Crippen MR) is 130 cm³/mol. The number of Topliss-reactive ketones (excluding diaryl/α,β-unsaturated/α-hetero) is 1. The number of carbonyl (C=O) groups excluding carboxylic acids is 1. The Morgan fingerprint density at radius 3 is 2.59 bits per heavy atom. The van der Waals surface area contributed by atoms with Gasteiger partial charge in [-0.25, -0.2) is 0 Å². The molecular formula is C26H32N4OS. The molecule has 1 aliphatic carbocycles. The Morgan fingerprint density at radius 1 is 1.03 bits per heavy atom. The summed E-state index contributed by atoms with van der Waals surface area (Å²) in [6.07, 6.45) is 10.9. The first-order valence-corrected chi connectivity index (χ1v) is 12.9. The van der Waals surface area contributed by atoms with E-state index in [0.717, 1.165) is 50.8 Å². The molecule has 3 aromatic rings. The van der Waals surface area contributed by atoms with Gasteiger partial charge in [-0.1, -0.05) is 29.9 Å². The SMILES string of the molecule is Cc1nnc(-c2ccc3cnc(CC(=O)C4CCC(CN5CCCCC5)CC4)cc3c2)s1. The van der Waals surface area contributed by atoms with Gasteiger partial charge in [0.05, 0.1) is 0 Å². The van der Waals surface area contributed by atoms with Gasteiger partial charge in [0.25, 0.3) is 0 Å². The van der Waals surface area contributed by atoms with Gasteiger partial charge in [0.2, 0.25) is 0 Å². The molecule has 0 spiro atoms. The molecule has 0 bridgehead atoms. The molecule has 3 heterocycles. The predicted octanol–water partition coefficient (Wildman–Crippen LogP) is 5.47. The van der Waals surface area contributed by atoms with Crippen LogP contribution in [-0.4, -0.2) is 45.5 Å². The molecule has 5 nitrogen and oxygen atoms in total. The van der Waals surface area contributed by atoms with Gasteiger partial charge in [-0.3, -0.25) is 9.78 Å². The van der Waals surface area contributed by atoms with Crippen molar-refractivity contribution in [2.45, 2.75) is 58.3 Å². The molecule has 0 amide bonds. The van der Waals surface area contributed by atoms with Gasteiger partial charge in [0.15, 0.2) is 0 Å². The van der Waals surface area contributed by atoms with E-state index in [1.165, 1.54) is 51.7 Å². The number of likely N-dealkylation sites (tertiary alicyclic amines) is 1. The average Bonchev–Trinajstić information content (AvgIpc) is 3.26. The quantitative estimate of drug-likeness (QED) is 0.501. The van der Waals surface area contributed by atoms with Crippen molar-refractivity contribution in [3.05, 3.63) is 41.2 Å². The standard InChI is InChI=1S/C26H32N4OS/c1-18-28-29-26(32-18)21-9-10-22-16-27-24(14-23(22)13-21)15-25(31)20-7-5-19(6-8-20)17-30-11-3-2-4-12-30/h9-10,13-14,16,19-20H,2-8,11-12,15,17H2,1H3. The Hall–Kier alpha value is -2.18. The maximum absolute atomic E-state index is 13.0. The van der Waals surface area contributed by atoms with Crippen molar-refractivity contribution in [3.8, 4) is 10.6 Å². The summed E-state index contributed by atoms with van der Waals surface area (Å²) < 4.78 is 0. The Labute approximate surface area is 194 Å². The van der Waals surface area contributed by atoms with Crippen LogP contribution in [-0.2, 0) is 11.2 Å². The molecular weight excluding hydrogens is 416 g/mol. The van der Waals surface area contributed by atoms with E-state index < -0.39 is 0 Å². The number of pyridine rings is 1. The van der Waals surface area contributed by atoms with Gasteiger partial charge in [0, 0.05) is 41.7 Å². The summed E-state index contributed by atoms with van der Waals surface area (Å²) >= 11 is 1.60. The molecule has 6 heteroatoms. The lowest BCUT2D eigenvalue weighted by Gasteiger charge is -2.34. The smallest absolute Gasteiger partial charge is 0.147 e. The largest absolute Gasteiger partial charge is 0.303 e. The Balaban J connectivity index is 1.20. The minimum atomic E-state index is 0.209. The minimum absolute atomic E-state index is 0.209. The molecule has 1 aromatic carbocycles. The Kier molecular flexibility index (Phi) is 6.60. The van der Waals surface area contributed by atoms with Crippen molar-refractivity contribution < 1.29 is 4.79 Å². The molecule has 32 heavy (non-hydrogen) atoms. The number of aryl methyl sites for hydroxylation is 1. The highest BCUT2D eigenvalue weighted by Gasteiger charge is 2.27. The van der Waals surface area contributed by atoms with Crippen LogP contribution < -0.4 is 0 Å². The molecule has 2 aliphatic rings. The van der Waals surface area contributed by atoms with Crippen LogP contribution in [0.15, 0.2) is 30.5 Å². The van der Waals surface area contributed by atoms with Crippen LogP contribution in [0, 0.1) is 18.8 Å². The number of fused-ring (bicyclic) bond motifs is 1. The lowest BCUT2D eigenvalue weighted by Crippen LogP contribution is -2.36. The summed E-state index contributed by atoms with van der Waals surface area (Å²) in [6.45, 7) is 5.75. The van der Waals surface area contributed by atoms with Crippen LogP contribution in [0.2, 0.25) is 0 Å². The first-order chi connectivity index (χ1) is 15.6.